The molecule has 0 saturated heterocycles. The molecule has 0 amide bonds. The molecule has 2 aliphatic carbocycles. The fraction of sp³-hybridized carbons (Fsp3) is 0.545. The van der Waals surface area contributed by atoms with Crippen molar-refractivity contribution in [2.45, 2.75) is 63.1 Å². The van der Waals surface area contributed by atoms with Gasteiger partial charge < -0.3 is 0 Å². The molecule has 6 heteroatoms. The predicted molar refractivity (Wildman–Crippen MR) is 125 cm³/mol. The van der Waals surface area contributed by atoms with Crippen molar-refractivity contribution in [2.24, 2.45) is 11.8 Å². The SMILES string of the molecule is Bc1cc(-c2ccc(C3CCC(C4CCC(B)CC4)CC3)c(F)c2F)sc1B. The maximum absolute atomic E-state index is 15.0. The maximum atomic E-state index is 15.0. The summed E-state index contributed by atoms with van der Waals surface area (Å²) in [6.45, 7) is 0. The minimum Gasteiger partial charge on any atom is -0.203 e. The van der Waals surface area contributed by atoms with Gasteiger partial charge in [-0.2, -0.15) is 11.3 Å². The fourth-order valence-electron chi connectivity index (χ4n) is 5.43. The van der Waals surface area contributed by atoms with Crippen molar-refractivity contribution in [3.63, 3.8) is 0 Å². The highest BCUT2D eigenvalue weighted by atomic mass is 32.1. The maximum Gasteiger partial charge on any atom is 0.167 e. The third-order valence-corrected chi connectivity index (χ3v) is 8.67. The van der Waals surface area contributed by atoms with Crippen LogP contribution in [0.15, 0.2) is 18.2 Å². The molecule has 28 heavy (non-hydrogen) atoms. The lowest BCUT2D eigenvalue weighted by molar-refractivity contribution is 0.185. The first-order valence-electron chi connectivity index (χ1n) is 11.0. The van der Waals surface area contributed by atoms with Gasteiger partial charge in [-0.15, -0.1) is 0 Å². The van der Waals surface area contributed by atoms with Gasteiger partial charge in [-0.05, 0) is 53.8 Å². The Morgan fingerprint density at radius 1 is 0.821 bits per heavy atom. The van der Waals surface area contributed by atoms with Crippen molar-refractivity contribution in [2.75, 3.05) is 0 Å². The van der Waals surface area contributed by atoms with Gasteiger partial charge >= 0.3 is 0 Å². The predicted octanol–water partition coefficient (Wildman–Crippen LogP) is 3.10. The summed E-state index contributed by atoms with van der Waals surface area (Å²) in [5.74, 6) is 1.45. The van der Waals surface area contributed by atoms with Crippen LogP contribution < -0.4 is 10.2 Å². The Morgan fingerprint density at radius 2 is 1.43 bits per heavy atom. The highest BCUT2D eigenvalue weighted by Crippen LogP contribution is 2.45. The van der Waals surface area contributed by atoms with Crippen molar-refractivity contribution in [3.8, 4) is 10.4 Å². The van der Waals surface area contributed by atoms with E-state index in [4.69, 9.17) is 0 Å². The normalized spacial score (nSPS) is 28.4. The zero-order valence-corrected chi connectivity index (χ0v) is 18.2. The number of rotatable bonds is 3. The van der Waals surface area contributed by atoms with Crippen LogP contribution in [0, 0.1) is 23.5 Å². The highest BCUT2D eigenvalue weighted by Gasteiger charge is 2.32. The van der Waals surface area contributed by atoms with Crippen LogP contribution in [-0.2, 0) is 0 Å². The van der Waals surface area contributed by atoms with Gasteiger partial charge in [0.1, 0.15) is 15.7 Å². The van der Waals surface area contributed by atoms with Gasteiger partial charge in [0.2, 0.25) is 0 Å². The zero-order chi connectivity index (χ0) is 19.8. The molecular weight excluding hydrogens is 367 g/mol. The number of hydrogen-bond donors (Lipinski definition) is 0. The lowest BCUT2D eigenvalue weighted by Gasteiger charge is -2.37. The molecule has 0 unspecified atom stereocenters. The van der Waals surface area contributed by atoms with Crippen molar-refractivity contribution >= 4 is 45.1 Å². The largest absolute Gasteiger partial charge is 0.203 e. The molecule has 1 aromatic carbocycles. The molecular formula is C22H29B3F2S. The van der Waals surface area contributed by atoms with Crippen molar-refractivity contribution < 1.29 is 8.78 Å². The second kappa shape index (κ2) is 8.38. The first-order chi connectivity index (χ1) is 13.4. The average molecular weight is 396 g/mol. The van der Waals surface area contributed by atoms with E-state index in [9.17, 15) is 8.78 Å². The summed E-state index contributed by atoms with van der Waals surface area (Å²) in [6.07, 6.45) is 9.84. The van der Waals surface area contributed by atoms with Gasteiger partial charge in [-0.25, -0.2) is 8.78 Å². The summed E-state index contributed by atoms with van der Waals surface area (Å²) >= 11 is 1.54. The molecule has 2 fully saturated rings. The van der Waals surface area contributed by atoms with Gasteiger partial charge in [-0.1, -0.05) is 55.2 Å². The van der Waals surface area contributed by atoms with Crippen molar-refractivity contribution in [1.82, 2.24) is 0 Å². The summed E-state index contributed by atoms with van der Waals surface area (Å²) in [5.41, 5.74) is 2.15. The summed E-state index contributed by atoms with van der Waals surface area (Å²) in [7, 11) is 6.41. The third kappa shape index (κ3) is 3.99. The zero-order valence-electron chi connectivity index (χ0n) is 17.4. The summed E-state index contributed by atoms with van der Waals surface area (Å²) in [5, 5.41) is 0. The van der Waals surface area contributed by atoms with E-state index in [-0.39, 0.29) is 5.92 Å². The Bertz CT molecular complexity index is 815. The van der Waals surface area contributed by atoms with Crippen molar-refractivity contribution in [3.05, 3.63) is 35.4 Å². The van der Waals surface area contributed by atoms with Crippen LogP contribution >= 0.6 is 11.3 Å². The van der Waals surface area contributed by atoms with Crippen LogP contribution in [0.25, 0.3) is 10.4 Å². The lowest BCUT2D eigenvalue weighted by atomic mass is 9.65. The van der Waals surface area contributed by atoms with E-state index in [0.717, 1.165) is 45.6 Å². The molecule has 0 bridgehead atoms. The monoisotopic (exact) mass is 396 g/mol. The van der Waals surface area contributed by atoms with E-state index in [2.05, 4.69) is 7.85 Å². The molecule has 0 nitrogen and oxygen atoms in total. The molecule has 1 heterocycles. The summed E-state index contributed by atoms with van der Waals surface area (Å²) in [4.78, 5) is 0.827. The van der Waals surface area contributed by atoms with E-state index in [1.165, 1.54) is 38.5 Å². The van der Waals surface area contributed by atoms with Crippen LogP contribution in [0.1, 0.15) is 62.8 Å². The second-order valence-electron chi connectivity index (χ2n) is 9.31. The molecule has 1 aromatic heterocycles. The molecule has 2 aliphatic rings. The topological polar surface area (TPSA) is 0 Å². The van der Waals surface area contributed by atoms with E-state index < -0.39 is 11.6 Å². The van der Waals surface area contributed by atoms with Crippen LogP contribution in [-0.4, -0.2) is 23.5 Å². The van der Waals surface area contributed by atoms with E-state index in [1.807, 2.05) is 27.8 Å². The smallest absolute Gasteiger partial charge is 0.167 e. The van der Waals surface area contributed by atoms with E-state index in [1.54, 1.807) is 17.4 Å². The first-order valence-corrected chi connectivity index (χ1v) is 11.8. The van der Waals surface area contributed by atoms with Crippen molar-refractivity contribution in [1.29, 1.82) is 0 Å². The number of thiophene rings is 1. The van der Waals surface area contributed by atoms with Crippen LogP contribution in [0.3, 0.4) is 0 Å². The molecule has 0 N–H and O–H groups in total. The van der Waals surface area contributed by atoms with Crippen LogP contribution in [0.5, 0.6) is 0 Å². The molecule has 146 valence electrons. The number of benzene rings is 1. The van der Waals surface area contributed by atoms with Crippen LogP contribution in [0.2, 0.25) is 5.82 Å². The van der Waals surface area contributed by atoms with Gasteiger partial charge in [0.15, 0.2) is 19.5 Å². The fourth-order valence-corrected chi connectivity index (χ4v) is 6.49. The molecule has 0 radical (unpaired) electrons. The molecule has 0 aliphatic heterocycles. The Labute approximate surface area is 174 Å². The molecule has 0 atom stereocenters. The van der Waals surface area contributed by atoms with Crippen LogP contribution in [0.4, 0.5) is 8.78 Å². The minimum atomic E-state index is -0.665. The minimum absolute atomic E-state index is 0.175. The average Bonchev–Trinajstić information content (AvgIpc) is 3.03. The Morgan fingerprint density at radius 3 is 2.00 bits per heavy atom. The third-order valence-electron chi connectivity index (χ3n) is 7.48. The van der Waals surface area contributed by atoms with Gasteiger partial charge in [0, 0.05) is 10.4 Å². The van der Waals surface area contributed by atoms with E-state index in [0.29, 0.717) is 11.1 Å². The standard InChI is InChI=1S/C22H29B3F2S/c23-15-7-5-13(6-8-15)12-1-3-14(4-2-12)16-9-10-17(21(27)20(16)26)19-11-18(24)22(25)28-19/h9-15H,1-8,23-25H2. The molecule has 0 spiro atoms. The Balaban J connectivity index is 1.46. The van der Waals surface area contributed by atoms with E-state index >= 15 is 0 Å². The quantitative estimate of drug-likeness (QED) is 0.700. The summed E-state index contributed by atoms with van der Waals surface area (Å²) in [6, 6.07) is 5.62. The lowest BCUT2D eigenvalue weighted by Crippen LogP contribution is -2.24. The number of halogens is 2. The Hall–Kier alpha value is -1.03. The van der Waals surface area contributed by atoms with Gasteiger partial charge in [0.05, 0.1) is 0 Å². The highest BCUT2D eigenvalue weighted by molar-refractivity contribution is 7.24. The second-order valence-corrected chi connectivity index (χ2v) is 10.6. The molecule has 4 rings (SSSR count). The molecule has 2 saturated carbocycles. The first kappa shape index (κ1) is 20.3. The van der Waals surface area contributed by atoms with Gasteiger partial charge in [0.25, 0.3) is 0 Å². The Kier molecular flexibility index (Phi) is 6.06. The summed E-state index contributed by atoms with van der Waals surface area (Å²) < 4.78 is 31.0. The molecule has 2 aromatic rings. The number of hydrogen-bond acceptors (Lipinski definition) is 1. The van der Waals surface area contributed by atoms with Gasteiger partial charge in [-0.3, -0.25) is 0 Å².